The van der Waals surface area contributed by atoms with Crippen molar-refractivity contribution < 1.29 is 9.90 Å². The van der Waals surface area contributed by atoms with Gasteiger partial charge in [-0.15, -0.1) is 0 Å². The molecular weight excluding hydrogens is 368 g/mol. The number of hydrogen-bond donors (Lipinski definition) is 2. The molecule has 1 aliphatic rings. The molecule has 8 nitrogen and oxygen atoms in total. The van der Waals surface area contributed by atoms with Crippen molar-refractivity contribution in [2.75, 3.05) is 13.1 Å². The number of likely N-dealkylation sites (tertiary alicyclic amines) is 1. The molecule has 1 saturated heterocycles. The first kappa shape index (κ1) is 19.2. The van der Waals surface area contributed by atoms with Crippen molar-refractivity contribution in [2.24, 2.45) is 0 Å². The van der Waals surface area contributed by atoms with Gasteiger partial charge in [0.1, 0.15) is 5.82 Å². The Morgan fingerprint density at radius 3 is 2.69 bits per heavy atom. The number of carbonyl (C=O) groups excluding carboxylic acids is 1. The van der Waals surface area contributed by atoms with E-state index in [0.717, 1.165) is 30.2 Å². The van der Waals surface area contributed by atoms with Crippen molar-refractivity contribution in [1.29, 1.82) is 0 Å². The Labute approximate surface area is 169 Å². The summed E-state index contributed by atoms with van der Waals surface area (Å²) in [5.74, 6) is 1.65. The van der Waals surface area contributed by atoms with Crippen LogP contribution in [0.15, 0.2) is 30.5 Å². The van der Waals surface area contributed by atoms with E-state index in [0.29, 0.717) is 19.0 Å². The Hall–Kier alpha value is -3.16. The van der Waals surface area contributed by atoms with Gasteiger partial charge in [0.2, 0.25) is 0 Å². The predicted octanol–water partition coefficient (Wildman–Crippen LogP) is 3.15. The van der Waals surface area contributed by atoms with Crippen LogP contribution in [0.2, 0.25) is 0 Å². The van der Waals surface area contributed by atoms with Gasteiger partial charge in [-0.05, 0) is 43.4 Å². The summed E-state index contributed by atoms with van der Waals surface area (Å²) < 4.78 is 1.55. The number of piperidine rings is 1. The van der Waals surface area contributed by atoms with Gasteiger partial charge < -0.3 is 10.0 Å². The topological polar surface area (TPSA) is 99.9 Å². The van der Waals surface area contributed by atoms with E-state index < -0.39 is 0 Å². The number of amides is 1. The number of nitrogens with zero attached hydrogens (tertiary/aromatic N) is 5. The smallest absolute Gasteiger partial charge is 0.278 e. The first-order chi connectivity index (χ1) is 13.9. The number of nitrogens with one attached hydrogen (secondary N) is 1. The molecule has 0 saturated carbocycles. The van der Waals surface area contributed by atoms with Gasteiger partial charge in [0, 0.05) is 19.0 Å². The zero-order valence-electron chi connectivity index (χ0n) is 17.0. The number of aromatic amines is 1. The fourth-order valence-electron chi connectivity index (χ4n) is 3.73. The highest BCUT2D eigenvalue weighted by Gasteiger charge is 2.30. The summed E-state index contributed by atoms with van der Waals surface area (Å²) >= 11 is 0. The molecule has 152 valence electrons. The van der Waals surface area contributed by atoms with Gasteiger partial charge in [-0.2, -0.15) is 10.2 Å². The van der Waals surface area contributed by atoms with Crippen LogP contribution in [-0.4, -0.2) is 54.0 Å². The van der Waals surface area contributed by atoms with Crippen LogP contribution in [0.3, 0.4) is 0 Å². The Morgan fingerprint density at radius 2 is 2.03 bits per heavy atom. The van der Waals surface area contributed by atoms with Crippen LogP contribution < -0.4 is 0 Å². The molecule has 2 N–H and O–H groups in total. The lowest BCUT2D eigenvalue weighted by Gasteiger charge is -2.30. The van der Waals surface area contributed by atoms with Gasteiger partial charge in [-0.25, -0.2) is 9.67 Å². The molecule has 8 heteroatoms. The maximum Gasteiger partial charge on any atom is 0.278 e. The zero-order valence-corrected chi connectivity index (χ0v) is 17.0. The number of aromatic hydroxyl groups is 1. The van der Waals surface area contributed by atoms with Crippen molar-refractivity contribution in [3.63, 3.8) is 0 Å². The van der Waals surface area contributed by atoms with E-state index in [-0.39, 0.29) is 23.3 Å². The summed E-state index contributed by atoms with van der Waals surface area (Å²) in [7, 11) is 0. The van der Waals surface area contributed by atoms with Gasteiger partial charge in [0.25, 0.3) is 5.91 Å². The maximum atomic E-state index is 13.0. The van der Waals surface area contributed by atoms with Crippen LogP contribution in [0.4, 0.5) is 0 Å². The lowest BCUT2D eigenvalue weighted by Crippen LogP contribution is -2.39. The number of aromatic nitrogens is 5. The molecule has 29 heavy (non-hydrogen) atoms. The fourth-order valence-corrected chi connectivity index (χ4v) is 3.73. The van der Waals surface area contributed by atoms with Crippen LogP contribution in [0.25, 0.3) is 5.69 Å². The van der Waals surface area contributed by atoms with E-state index in [4.69, 9.17) is 0 Å². The quantitative estimate of drug-likeness (QED) is 0.708. The molecule has 0 spiro atoms. The Bertz CT molecular complexity index is 1000. The lowest BCUT2D eigenvalue weighted by atomic mass is 9.97. The Kier molecular flexibility index (Phi) is 5.08. The van der Waals surface area contributed by atoms with Crippen molar-refractivity contribution in [3.05, 3.63) is 53.4 Å². The average Bonchev–Trinajstić information content (AvgIpc) is 3.33. The first-order valence-electron chi connectivity index (χ1n) is 9.99. The Morgan fingerprint density at radius 1 is 1.28 bits per heavy atom. The molecule has 0 aliphatic carbocycles. The normalized spacial score (nSPS) is 17.1. The van der Waals surface area contributed by atoms with Gasteiger partial charge in [0.05, 0.1) is 11.9 Å². The van der Waals surface area contributed by atoms with Crippen LogP contribution in [0, 0.1) is 6.92 Å². The van der Waals surface area contributed by atoms with Crippen LogP contribution in [-0.2, 0) is 0 Å². The van der Waals surface area contributed by atoms with E-state index in [1.165, 1.54) is 11.8 Å². The molecule has 1 aromatic carbocycles. The largest absolute Gasteiger partial charge is 0.504 e. The molecule has 1 aliphatic heterocycles. The third kappa shape index (κ3) is 3.87. The highest BCUT2D eigenvalue weighted by atomic mass is 16.3. The third-order valence-corrected chi connectivity index (χ3v) is 5.41. The number of benzene rings is 1. The summed E-state index contributed by atoms with van der Waals surface area (Å²) in [4.78, 5) is 19.2. The minimum Gasteiger partial charge on any atom is -0.504 e. The minimum absolute atomic E-state index is 0.0738. The second kappa shape index (κ2) is 7.69. The van der Waals surface area contributed by atoms with Crippen molar-refractivity contribution in [3.8, 4) is 11.4 Å². The molecule has 1 unspecified atom stereocenters. The monoisotopic (exact) mass is 394 g/mol. The standard InChI is InChI=1S/C21H26N6O2/c1-13(2)15-6-8-17(9-7-15)27-12-18(28)19(25-27)21(29)26-10-4-5-16(11-26)20-22-14(3)23-24-20/h6-9,12-13,16,28H,4-5,10-11H2,1-3H3,(H,22,23,24). The molecule has 3 aromatic rings. The molecule has 2 aromatic heterocycles. The summed E-state index contributed by atoms with van der Waals surface area (Å²) in [6, 6.07) is 7.96. The van der Waals surface area contributed by atoms with Crippen LogP contribution >= 0.6 is 0 Å². The molecule has 1 amide bonds. The predicted molar refractivity (Wildman–Crippen MR) is 108 cm³/mol. The molecule has 1 atom stereocenters. The highest BCUT2D eigenvalue weighted by molar-refractivity contribution is 5.95. The van der Waals surface area contributed by atoms with Crippen LogP contribution in [0.1, 0.15) is 66.2 Å². The molecule has 3 heterocycles. The van der Waals surface area contributed by atoms with E-state index in [2.05, 4.69) is 34.1 Å². The van der Waals surface area contributed by atoms with Gasteiger partial charge >= 0.3 is 0 Å². The van der Waals surface area contributed by atoms with Crippen molar-refractivity contribution in [1.82, 2.24) is 29.9 Å². The molecule has 0 bridgehead atoms. The lowest BCUT2D eigenvalue weighted by molar-refractivity contribution is 0.0695. The first-order valence-corrected chi connectivity index (χ1v) is 9.99. The van der Waals surface area contributed by atoms with Gasteiger partial charge in [-0.3, -0.25) is 9.89 Å². The third-order valence-electron chi connectivity index (χ3n) is 5.41. The zero-order chi connectivity index (χ0) is 20.5. The maximum absolute atomic E-state index is 13.0. The number of aryl methyl sites for hydroxylation is 1. The molecule has 1 fully saturated rings. The second-order valence-corrected chi connectivity index (χ2v) is 7.92. The summed E-state index contributed by atoms with van der Waals surface area (Å²) in [6.45, 7) is 7.29. The van der Waals surface area contributed by atoms with Gasteiger partial charge in [0.15, 0.2) is 17.3 Å². The van der Waals surface area contributed by atoms with Crippen LogP contribution in [0.5, 0.6) is 5.75 Å². The van der Waals surface area contributed by atoms with Crippen molar-refractivity contribution >= 4 is 5.91 Å². The fraction of sp³-hybridized carbons (Fsp3) is 0.429. The summed E-state index contributed by atoms with van der Waals surface area (Å²) in [5.41, 5.74) is 2.10. The number of H-pyrrole nitrogens is 1. The Balaban J connectivity index is 1.53. The average molecular weight is 394 g/mol. The SMILES string of the molecule is Cc1nc(C2CCCN(C(=O)c3nn(-c4ccc(C(C)C)cc4)cc3O)C2)n[nH]1. The summed E-state index contributed by atoms with van der Waals surface area (Å²) in [5, 5.41) is 21.8. The van der Waals surface area contributed by atoms with E-state index in [1.54, 1.807) is 9.58 Å². The minimum atomic E-state index is -0.267. The molecule has 0 radical (unpaired) electrons. The second-order valence-electron chi connectivity index (χ2n) is 7.92. The molecular formula is C21H26N6O2. The number of carbonyl (C=O) groups is 1. The number of rotatable bonds is 4. The van der Waals surface area contributed by atoms with E-state index in [9.17, 15) is 9.90 Å². The number of hydrogen-bond acceptors (Lipinski definition) is 5. The highest BCUT2D eigenvalue weighted by Crippen LogP contribution is 2.27. The summed E-state index contributed by atoms with van der Waals surface area (Å²) in [6.07, 6.45) is 3.28. The molecule has 4 rings (SSSR count). The van der Waals surface area contributed by atoms with E-state index in [1.807, 2.05) is 31.2 Å². The van der Waals surface area contributed by atoms with Gasteiger partial charge in [-0.1, -0.05) is 26.0 Å². The van der Waals surface area contributed by atoms with E-state index >= 15 is 0 Å². The van der Waals surface area contributed by atoms with Crippen molar-refractivity contribution in [2.45, 2.75) is 45.4 Å².